The van der Waals surface area contributed by atoms with Crippen LogP contribution in [0.5, 0.6) is 0 Å². The van der Waals surface area contributed by atoms with Crippen molar-refractivity contribution >= 4 is 11.6 Å². The molecule has 5 heteroatoms. The van der Waals surface area contributed by atoms with E-state index in [0.29, 0.717) is 6.04 Å². The van der Waals surface area contributed by atoms with Crippen LogP contribution in [-0.2, 0) is 19.6 Å². The monoisotopic (exact) mass is 399 g/mol. The fraction of sp³-hybridized carbons (Fsp3) is 0.360. The molecular weight excluding hydrogens is 370 g/mol. The van der Waals surface area contributed by atoms with E-state index in [2.05, 4.69) is 84.1 Å². The van der Waals surface area contributed by atoms with Crippen molar-refractivity contribution in [1.29, 1.82) is 0 Å². The van der Waals surface area contributed by atoms with Crippen LogP contribution in [0, 0.1) is 13.8 Å². The molecule has 2 aliphatic heterocycles. The fourth-order valence-corrected chi connectivity index (χ4v) is 4.72. The first-order valence-corrected chi connectivity index (χ1v) is 10.7. The molecule has 0 saturated carbocycles. The van der Waals surface area contributed by atoms with Crippen LogP contribution in [-0.4, -0.2) is 41.0 Å². The van der Waals surface area contributed by atoms with E-state index >= 15 is 0 Å². The minimum atomic E-state index is 0.623. The summed E-state index contributed by atoms with van der Waals surface area (Å²) in [6.07, 6.45) is 1.73. The van der Waals surface area contributed by atoms with Crippen molar-refractivity contribution in [2.24, 2.45) is 0 Å². The van der Waals surface area contributed by atoms with Gasteiger partial charge in [-0.1, -0.05) is 59.7 Å². The van der Waals surface area contributed by atoms with Gasteiger partial charge in [-0.2, -0.15) is 0 Å². The molecule has 0 spiro atoms. The average molecular weight is 400 g/mol. The molecule has 2 atom stereocenters. The van der Waals surface area contributed by atoms with Crippen molar-refractivity contribution in [3.05, 3.63) is 82.7 Å². The molecule has 154 valence electrons. The number of anilines is 2. The molecule has 0 N–H and O–H groups in total. The van der Waals surface area contributed by atoms with Gasteiger partial charge in [0.15, 0.2) is 0 Å². The summed E-state index contributed by atoms with van der Waals surface area (Å²) in [6, 6.07) is 18.0. The van der Waals surface area contributed by atoms with Crippen LogP contribution in [0.1, 0.15) is 27.8 Å². The maximum absolute atomic E-state index is 4.77. The van der Waals surface area contributed by atoms with Gasteiger partial charge in [-0.05, 0) is 25.0 Å². The van der Waals surface area contributed by atoms with Crippen LogP contribution < -0.4 is 9.80 Å². The number of benzene rings is 2. The van der Waals surface area contributed by atoms with Crippen LogP contribution in [0.4, 0.5) is 11.6 Å². The number of fused-ring (bicyclic) bond motifs is 2. The van der Waals surface area contributed by atoms with E-state index in [-0.39, 0.29) is 0 Å². The summed E-state index contributed by atoms with van der Waals surface area (Å²) in [4.78, 5) is 16.7. The highest BCUT2D eigenvalue weighted by molar-refractivity contribution is 5.61. The molecule has 3 aromatic rings. The van der Waals surface area contributed by atoms with E-state index in [9.17, 15) is 0 Å². The van der Waals surface area contributed by atoms with Crippen molar-refractivity contribution in [2.45, 2.75) is 39.5 Å². The molecule has 5 nitrogen and oxygen atoms in total. The molecule has 1 unspecified atom stereocenters. The Balaban J connectivity index is 1.47. The molecule has 0 aliphatic carbocycles. The molecule has 0 amide bonds. The maximum Gasteiger partial charge on any atom is 0.139 e. The molecule has 0 bridgehead atoms. The topological polar surface area (TPSA) is 35.3 Å². The normalized spacial score (nSPS) is 19.6. The predicted octanol–water partition coefficient (Wildman–Crippen LogP) is 3.93. The van der Waals surface area contributed by atoms with Gasteiger partial charge in [0.05, 0.1) is 5.56 Å². The summed E-state index contributed by atoms with van der Waals surface area (Å²) >= 11 is 0. The summed E-state index contributed by atoms with van der Waals surface area (Å²) in [5.41, 5.74) is 6.53. The van der Waals surface area contributed by atoms with E-state index in [1.807, 2.05) is 0 Å². The summed E-state index contributed by atoms with van der Waals surface area (Å²) in [5, 5.41) is 0. The summed E-state index contributed by atoms with van der Waals surface area (Å²) in [5.74, 6) is 2.13. The van der Waals surface area contributed by atoms with Gasteiger partial charge in [0.2, 0.25) is 0 Å². The highest BCUT2D eigenvalue weighted by Gasteiger charge is 2.40. The van der Waals surface area contributed by atoms with Gasteiger partial charge >= 0.3 is 0 Å². The first kappa shape index (κ1) is 19.1. The third-order valence-electron chi connectivity index (χ3n) is 6.10. The van der Waals surface area contributed by atoms with Crippen LogP contribution >= 0.6 is 0 Å². The quantitative estimate of drug-likeness (QED) is 0.608. The van der Waals surface area contributed by atoms with Crippen LogP contribution in [0.2, 0.25) is 0 Å². The van der Waals surface area contributed by atoms with Crippen molar-refractivity contribution in [1.82, 2.24) is 14.9 Å². The molecule has 1 saturated heterocycles. The lowest BCUT2D eigenvalue weighted by Crippen LogP contribution is -2.29. The van der Waals surface area contributed by atoms with Crippen LogP contribution in [0.3, 0.4) is 0 Å². The second-order valence-corrected chi connectivity index (χ2v) is 8.80. The molecule has 2 aliphatic rings. The Labute approximate surface area is 179 Å². The molecular formula is C25H29N5. The Kier molecular flexibility index (Phi) is 4.91. The smallest absolute Gasteiger partial charge is 0.139 e. The maximum atomic E-state index is 4.77. The number of hydrogen-bond donors (Lipinski definition) is 0. The number of nitrogens with zero attached hydrogens (tertiary/aromatic N) is 5. The Morgan fingerprint density at radius 3 is 2.50 bits per heavy atom. The Hall–Kier alpha value is -2.92. The van der Waals surface area contributed by atoms with Gasteiger partial charge in [-0.15, -0.1) is 0 Å². The van der Waals surface area contributed by atoms with Gasteiger partial charge in [-0.25, -0.2) is 9.97 Å². The fourth-order valence-electron chi connectivity index (χ4n) is 4.72. The van der Waals surface area contributed by atoms with Gasteiger partial charge < -0.3 is 9.80 Å². The SMILES string of the molecule is Cc1cc(C)cc(CN2C[C@H]3CN3Cc3c(N(C)Cc4ccccc4)ncnc32)c1. The molecule has 0 radical (unpaired) electrons. The largest absolute Gasteiger partial charge is 0.355 e. The molecule has 2 aromatic carbocycles. The minimum Gasteiger partial charge on any atom is -0.355 e. The van der Waals surface area contributed by atoms with E-state index in [1.54, 1.807) is 6.33 Å². The third-order valence-corrected chi connectivity index (χ3v) is 6.10. The Morgan fingerprint density at radius 2 is 1.73 bits per heavy atom. The number of aryl methyl sites for hydroxylation is 2. The van der Waals surface area contributed by atoms with Crippen LogP contribution in [0.25, 0.3) is 0 Å². The number of aromatic nitrogens is 2. The Morgan fingerprint density at radius 1 is 0.967 bits per heavy atom. The first-order chi connectivity index (χ1) is 14.6. The zero-order chi connectivity index (χ0) is 20.7. The Bertz CT molecular complexity index is 1030. The number of hydrogen-bond acceptors (Lipinski definition) is 5. The van der Waals surface area contributed by atoms with Gasteiger partial charge in [0, 0.05) is 45.8 Å². The lowest BCUT2D eigenvalue weighted by molar-refractivity contribution is 0.510. The van der Waals surface area contributed by atoms with E-state index in [1.165, 1.54) is 34.4 Å². The number of rotatable bonds is 5. The highest BCUT2D eigenvalue weighted by Crippen LogP contribution is 2.36. The molecule has 5 rings (SSSR count). The van der Waals surface area contributed by atoms with Gasteiger partial charge in [0.1, 0.15) is 18.0 Å². The van der Waals surface area contributed by atoms with E-state index < -0.39 is 0 Å². The lowest BCUT2D eigenvalue weighted by atomic mass is 10.1. The first-order valence-electron chi connectivity index (χ1n) is 10.7. The van der Waals surface area contributed by atoms with E-state index in [4.69, 9.17) is 9.97 Å². The lowest BCUT2D eigenvalue weighted by Gasteiger charge is -2.27. The van der Waals surface area contributed by atoms with Gasteiger partial charge in [0.25, 0.3) is 0 Å². The van der Waals surface area contributed by atoms with Crippen LogP contribution in [0.15, 0.2) is 54.9 Å². The predicted molar refractivity (Wildman–Crippen MR) is 122 cm³/mol. The zero-order valence-corrected chi connectivity index (χ0v) is 18.0. The average Bonchev–Trinajstić information content (AvgIpc) is 3.46. The zero-order valence-electron chi connectivity index (χ0n) is 18.0. The highest BCUT2D eigenvalue weighted by atomic mass is 15.4. The van der Waals surface area contributed by atoms with Crippen molar-refractivity contribution in [3.8, 4) is 0 Å². The minimum absolute atomic E-state index is 0.623. The third kappa shape index (κ3) is 3.90. The van der Waals surface area contributed by atoms with Crippen molar-refractivity contribution in [3.63, 3.8) is 0 Å². The van der Waals surface area contributed by atoms with Crippen molar-refractivity contribution in [2.75, 3.05) is 29.9 Å². The molecule has 3 heterocycles. The summed E-state index contributed by atoms with van der Waals surface area (Å²) < 4.78 is 0. The molecule has 1 aromatic heterocycles. The summed E-state index contributed by atoms with van der Waals surface area (Å²) in [7, 11) is 2.13. The van der Waals surface area contributed by atoms with E-state index in [0.717, 1.165) is 37.8 Å². The second-order valence-electron chi connectivity index (χ2n) is 8.80. The summed E-state index contributed by atoms with van der Waals surface area (Å²) in [6.45, 7) is 9.20. The molecule has 30 heavy (non-hydrogen) atoms. The standard InChI is InChI=1S/C25H29N5/c1-18-9-19(2)11-21(10-18)13-30-15-22-14-29(22)16-23-24(26-17-27-25(23)30)28(3)12-20-7-5-4-6-8-20/h4-11,17,22H,12-16H2,1-3H3/t22-,29?/m1/s1. The van der Waals surface area contributed by atoms with Gasteiger partial charge in [-0.3, -0.25) is 4.90 Å². The second kappa shape index (κ2) is 7.73. The van der Waals surface area contributed by atoms with Crippen molar-refractivity contribution < 1.29 is 0 Å². The molecule has 1 fully saturated rings.